The molecule has 0 unspecified atom stereocenters. The quantitative estimate of drug-likeness (QED) is 0.646. The first-order chi connectivity index (χ1) is 9.74. The Kier molecular flexibility index (Phi) is 6.40. The van der Waals surface area contributed by atoms with Crippen LogP contribution in [0.2, 0.25) is 0 Å². The van der Waals surface area contributed by atoms with Gasteiger partial charge in [0.15, 0.2) is 0 Å². The Hall–Kier alpha value is -1.00. The maximum atomic E-state index is 11.9. The first-order valence-electron chi connectivity index (χ1n) is 7.37. The van der Waals surface area contributed by atoms with E-state index in [-0.39, 0.29) is 5.91 Å². The second kappa shape index (κ2) is 8.32. The standard InChI is InChI=1S/C16H24N2OS/c1-18-10-7-14(8-11-18)13-16(19)17-9-12-20-15-5-3-2-4-6-15/h2-6,14H,7-13H2,1H3,(H,17,19). The van der Waals surface area contributed by atoms with E-state index in [1.165, 1.54) is 4.90 Å². The molecule has 3 nitrogen and oxygen atoms in total. The predicted molar refractivity (Wildman–Crippen MR) is 85.0 cm³/mol. The minimum absolute atomic E-state index is 0.216. The van der Waals surface area contributed by atoms with Crippen molar-refractivity contribution in [3.63, 3.8) is 0 Å². The summed E-state index contributed by atoms with van der Waals surface area (Å²) < 4.78 is 0. The lowest BCUT2D eigenvalue weighted by atomic mass is 9.93. The lowest BCUT2D eigenvalue weighted by Gasteiger charge is -2.28. The van der Waals surface area contributed by atoms with Crippen molar-refractivity contribution >= 4 is 17.7 Å². The molecule has 1 aromatic carbocycles. The zero-order chi connectivity index (χ0) is 14.2. The lowest BCUT2D eigenvalue weighted by molar-refractivity contribution is -0.122. The van der Waals surface area contributed by atoms with Crippen LogP contribution in [0.15, 0.2) is 35.2 Å². The monoisotopic (exact) mass is 292 g/mol. The molecule has 4 heteroatoms. The van der Waals surface area contributed by atoms with Gasteiger partial charge >= 0.3 is 0 Å². The van der Waals surface area contributed by atoms with Gasteiger partial charge in [-0.2, -0.15) is 0 Å². The van der Waals surface area contributed by atoms with E-state index >= 15 is 0 Å². The van der Waals surface area contributed by atoms with Crippen LogP contribution in [0.3, 0.4) is 0 Å². The van der Waals surface area contributed by atoms with Crippen molar-refractivity contribution < 1.29 is 4.79 Å². The zero-order valence-corrected chi connectivity index (χ0v) is 13.0. The van der Waals surface area contributed by atoms with E-state index in [4.69, 9.17) is 0 Å². The van der Waals surface area contributed by atoms with Gasteiger partial charge in [0.2, 0.25) is 5.91 Å². The average Bonchev–Trinajstić information content (AvgIpc) is 2.47. The number of rotatable bonds is 6. The Morgan fingerprint density at radius 2 is 2.00 bits per heavy atom. The Morgan fingerprint density at radius 3 is 2.70 bits per heavy atom. The lowest BCUT2D eigenvalue weighted by Crippen LogP contribution is -2.34. The van der Waals surface area contributed by atoms with Crippen LogP contribution in [0, 0.1) is 5.92 Å². The molecular formula is C16H24N2OS. The number of carbonyl (C=O) groups is 1. The third kappa shape index (κ3) is 5.55. The summed E-state index contributed by atoms with van der Waals surface area (Å²) in [6.07, 6.45) is 3.01. The Bertz CT molecular complexity index is 402. The number of benzene rings is 1. The van der Waals surface area contributed by atoms with Gasteiger partial charge in [0, 0.05) is 23.6 Å². The van der Waals surface area contributed by atoms with Gasteiger partial charge in [-0.1, -0.05) is 18.2 Å². The molecule has 20 heavy (non-hydrogen) atoms. The molecule has 0 spiro atoms. The van der Waals surface area contributed by atoms with Crippen molar-refractivity contribution in [3.8, 4) is 0 Å². The number of nitrogens with one attached hydrogen (secondary N) is 1. The molecule has 0 bridgehead atoms. The smallest absolute Gasteiger partial charge is 0.220 e. The summed E-state index contributed by atoms with van der Waals surface area (Å²) in [7, 11) is 2.15. The van der Waals surface area contributed by atoms with Gasteiger partial charge in [-0.15, -0.1) is 11.8 Å². The number of hydrogen-bond donors (Lipinski definition) is 1. The van der Waals surface area contributed by atoms with Crippen LogP contribution >= 0.6 is 11.8 Å². The van der Waals surface area contributed by atoms with Gasteiger partial charge in [0.1, 0.15) is 0 Å². The van der Waals surface area contributed by atoms with Crippen molar-refractivity contribution in [1.82, 2.24) is 10.2 Å². The second-order valence-electron chi connectivity index (χ2n) is 5.46. The highest BCUT2D eigenvalue weighted by atomic mass is 32.2. The summed E-state index contributed by atoms with van der Waals surface area (Å²) in [5.41, 5.74) is 0. The molecule has 0 radical (unpaired) electrons. The van der Waals surface area contributed by atoms with Crippen molar-refractivity contribution in [2.24, 2.45) is 5.92 Å². The van der Waals surface area contributed by atoms with E-state index in [0.29, 0.717) is 12.3 Å². The zero-order valence-electron chi connectivity index (χ0n) is 12.2. The highest BCUT2D eigenvalue weighted by Crippen LogP contribution is 2.19. The van der Waals surface area contributed by atoms with Gasteiger partial charge in [0.05, 0.1) is 0 Å². The van der Waals surface area contributed by atoms with Crippen LogP contribution in [-0.4, -0.2) is 43.2 Å². The second-order valence-corrected chi connectivity index (χ2v) is 6.63. The maximum Gasteiger partial charge on any atom is 0.220 e. The summed E-state index contributed by atoms with van der Waals surface area (Å²) >= 11 is 1.79. The summed E-state index contributed by atoms with van der Waals surface area (Å²) in [4.78, 5) is 15.5. The Balaban J connectivity index is 1.56. The van der Waals surface area contributed by atoms with E-state index in [0.717, 1.165) is 38.2 Å². The fraction of sp³-hybridized carbons (Fsp3) is 0.562. The largest absolute Gasteiger partial charge is 0.355 e. The first-order valence-corrected chi connectivity index (χ1v) is 8.35. The molecular weight excluding hydrogens is 268 g/mol. The first kappa shape index (κ1) is 15.4. The van der Waals surface area contributed by atoms with Crippen LogP contribution in [0.5, 0.6) is 0 Å². The SMILES string of the molecule is CN1CCC(CC(=O)NCCSc2ccccc2)CC1. The minimum Gasteiger partial charge on any atom is -0.355 e. The normalized spacial score (nSPS) is 17.1. The molecule has 1 heterocycles. The number of piperidine rings is 1. The molecule has 1 fully saturated rings. The third-order valence-electron chi connectivity index (χ3n) is 3.75. The van der Waals surface area contributed by atoms with E-state index in [2.05, 4.69) is 29.4 Å². The van der Waals surface area contributed by atoms with Gasteiger partial charge < -0.3 is 10.2 Å². The molecule has 1 aliphatic heterocycles. The minimum atomic E-state index is 0.216. The molecule has 1 saturated heterocycles. The van der Waals surface area contributed by atoms with Crippen molar-refractivity contribution in [3.05, 3.63) is 30.3 Å². The van der Waals surface area contributed by atoms with Crippen LogP contribution in [0.1, 0.15) is 19.3 Å². The number of carbonyl (C=O) groups excluding carboxylic acids is 1. The van der Waals surface area contributed by atoms with E-state index in [9.17, 15) is 4.79 Å². The van der Waals surface area contributed by atoms with E-state index < -0.39 is 0 Å². The molecule has 110 valence electrons. The van der Waals surface area contributed by atoms with Gasteiger partial charge in [-0.3, -0.25) is 4.79 Å². The fourth-order valence-electron chi connectivity index (χ4n) is 2.48. The Morgan fingerprint density at radius 1 is 1.30 bits per heavy atom. The van der Waals surface area contributed by atoms with E-state index in [1.807, 2.05) is 18.2 Å². The average molecular weight is 292 g/mol. The van der Waals surface area contributed by atoms with Gasteiger partial charge in [0.25, 0.3) is 0 Å². The Labute approximate surface area is 126 Å². The number of likely N-dealkylation sites (tertiary alicyclic amines) is 1. The summed E-state index contributed by atoms with van der Waals surface area (Å²) in [5.74, 6) is 1.73. The molecule has 1 aromatic rings. The molecule has 0 atom stereocenters. The number of nitrogens with zero attached hydrogens (tertiary/aromatic N) is 1. The molecule has 0 aliphatic carbocycles. The van der Waals surface area contributed by atoms with Crippen molar-refractivity contribution in [1.29, 1.82) is 0 Å². The molecule has 0 saturated carbocycles. The van der Waals surface area contributed by atoms with Crippen LogP contribution in [-0.2, 0) is 4.79 Å². The van der Waals surface area contributed by atoms with Crippen LogP contribution in [0.25, 0.3) is 0 Å². The van der Waals surface area contributed by atoms with Crippen molar-refractivity contribution in [2.75, 3.05) is 32.4 Å². The van der Waals surface area contributed by atoms with Crippen LogP contribution in [0.4, 0.5) is 0 Å². The molecule has 2 rings (SSSR count). The molecule has 1 N–H and O–H groups in total. The number of amides is 1. The van der Waals surface area contributed by atoms with Gasteiger partial charge in [-0.05, 0) is 51.0 Å². The molecule has 1 aliphatic rings. The summed E-state index contributed by atoms with van der Waals surface area (Å²) in [5, 5.41) is 3.04. The molecule has 0 aromatic heterocycles. The maximum absolute atomic E-state index is 11.9. The van der Waals surface area contributed by atoms with Crippen LogP contribution < -0.4 is 5.32 Å². The summed E-state index contributed by atoms with van der Waals surface area (Å²) in [6.45, 7) is 3.01. The summed E-state index contributed by atoms with van der Waals surface area (Å²) in [6, 6.07) is 10.3. The number of hydrogen-bond acceptors (Lipinski definition) is 3. The highest BCUT2D eigenvalue weighted by Gasteiger charge is 2.19. The fourth-order valence-corrected chi connectivity index (χ4v) is 3.27. The van der Waals surface area contributed by atoms with E-state index in [1.54, 1.807) is 11.8 Å². The number of thioether (sulfide) groups is 1. The highest BCUT2D eigenvalue weighted by molar-refractivity contribution is 7.99. The van der Waals surface area contributed by atoms with Gasteiger partial charge in [-0.25, -0.2) is 0 Å². The topological polar surface area (TPSA) is 32.3 Å². The third-order valence-corrected chi connectivity index (χ3v) is 4.76. The predicted octanol–water partition coefficient (Wildman–Crippen LogP) is 2.63. The van der Waals surface area contributed by atoms with Crippen molar-refractivity contribution in [2.45, 2.75) is 24.2 Å². The molecule has 1 amide bonds.